The van der Waals surface area contributed by atoms with Gasteiger partial charge in [0.05, 0.1) is 27.2 Å². The maximum Gasteiger partial charge on any atom is 0.416 e. The summed E-state index contributed by atoms with van der Waals surface area (Å²) in [5.74, 6) is -1.72. The Labute approximate surface area is 227 Å². The molecule has 1 amide bonds. The number of nitro benzene ring substituents is 2. The van der Waals surface area contributed by atoms with Crippen LogP contribution >= 0.6 is 23.2 Å². The maximum absolute atomic E-state index is 13.3. The zero-order chi connectivity index (χ0) is 28.6. The highest BCUT2D eigenvalue weighted by Gasteiger charge is 2.40. The molecule has 10 nitrogen and oxygen atoms in total. The molecule has 39 heavy (non-hydrogen) atoms. The van der Waals surface area contributed by atoms with E-state index in [1.54, 1.807) is 24.3 Å². The number of ether oxygens (including phenoxy) is 1. The van der Waals surface area contributed by atoms with E-state index in [-0.39, 0.29) is 34.9 Å². The number of hydrogen-bond acceptors (Lipinski definition) is 7. The first-order valence-electron chi connectivity index (χ1n) is 10.9. The minimum absolute atomic E-state index is 0.120. The van der Waals surface area contributed by atoms with Crippen molar-refractivity contribution >= 4 is 46.2 Å². The van der Waals surface area contributed by atoms with E-state index >= 15 is 0 Å². The molecule has 0 bridgehead atoms. The van der Waals surface area contributed by atoms with E-state index in [2.05, 4.69) is 5.10 Å². The number of hydrogen-bond donors (Lipinski definition) is 0. The fourth-order valence-corrected chi connectivity index (χ4v) is 4.29. The van der Waals surface area contributed by atoms with Crippen molar-refractivity contribution in [1.82, 2.24) is 5.01 Å². The van der Waals surface area contributed by atoms with Crippen LogP contribution in [0.15, 0.2) is 59.7 Å². The predicted molar refractivity (Wildman–Crippen MR) is 134 cm³/mol. The summed E-state index contributed by atoms with van der Waals surface area (Å²) >= 11 is 12.1. The normalized spacial score (nSPS) is 15.2. The van der Waals surface area contributed by atoms with Crippen LogP contribution in [-0.4, -0.2) is 26.5 Å². The largest absolute Gasteiger partial charge is 0.444 e. The van der Waals surface area contributed by atoms with Crippen LogP contribution in [-0.2, 0) is 11.0 Å². The van der Waals surface area contributed by atoms with Crippen molar-refractivity contribution in [2.45, 2.75) is 25.6 Å². The van der Waals surface area contributed by atoms with Crippen LogP contribution in [0, 0.1) is 20.2 Å². The number of alkyl halides is 3. The molecule has 1 heterocycles. The molecule has 1 unspecified atom stereocenters. The molecule has 1 aliphatic rings. The van der Waals surface area contributed by atoms with Crippen LogP contribution < -0.4 is 4.74 Å². The first-order valence-corrected chi connectivity index (χ1v) is 11.7. The Hall–Kier alpha value is -4.23. The molecule has 1 atom stereocenters. The maximum atomic E-state index is 13.3. The Balaban J connectivity index is 1.83. The third kappa shape index (κ3) is 5.78. The smallest absolute Gasteiger partial charge is 0.416 e. The minimum atomic E-state index is -5.10. The van der Waals surface area contributed by atoms with Crippen LogP contribution in [0.2, 0.25) is 10.0 Å². The number of hydrazone groups is 1. The molecule has 0 radical (unpaired) electrons. The minimum Gasteiger partial charge on any atom is -0.444 e. The van der Waals surface area contributed by atoms with Gasteiger partial charge < -0.3 is 4.74 Å². The van der Waals surface area contributed by atoms with Crippen molar-refractivity contribution in [3.05, 3.63) is 102 Å². The summed E-state index contributed by atoms with van der Waals surface area (Å²) in [6, 6.07) is 9.99. The van der Waals surface area contributed by atoms with E-state index < -0.39 is 50.7 Å². The average Bonchev–Trinajstić information content (AvgIpc) is 3.30. The number of amides is 1. The second kappa shape index (κ2) is 10.5. The molecule has 3 aromatic rings. The predicted octanol–water partition coefficient (Wildman–Crippen LogP) is 7.32. The summed E-state index contributed by atoms with van der Waals surface area (Å²) in [5.41, 5.74) is -2.86. The fourth-order valence-electron chi connectivity index (χ4n) is 3.98. The second-order valence-electron chi connectivity index (χ2n) is 8.28. The summed E-state index contributed by atoms with van der Waals surface area (Å²) in [7, 11) is 0. The molecule has 202 valence electrons. The molecular weight excluding hydrogens is 568 g/mol. The van der Waals surface area contributed by atoms with Crippen molar-refractivity contribution in [1.29, 1.82) is 0 Å². The Bertz CT molecular complexity index is 1490. The lowest BCUT2D eigenvalue weighted by atomic mass is 9.97. The van der Waals surface area contributed by atoms with Crippen molar-refractivity contribution in [2.75, 3.05) is 0 Å². The number of benzene rings is 3. The van der Waals surface area contributed by atoms with Crippen LogP contribution in [0.3, 0.4) is 0 Å². The van der Waals surface area contributed by atoms with Crippen LogP contribution in [0.1, 0.15) is 36.1 Å². The number of carbonyl (C=O) groups excluding carboxylic acids is 1. The lowest BCUT2D eigenvalue weighted by Crippen LogP contribution is -2.24. The van der Waals surface area contributed by atoms with Gasteiger partial charge in [-0.2, -0.15) is 18.3 Å². The van der Waals surface area contributed by atoms with Gasteiger partial charge in [0, 0.05) is 41.1 Å². The topological polar surface area (TPSA) is 128 Å². The van der Waals surface area contributed by atoms with Crippen LogP contribution in [0.25, 0.3) is 0 Å². The third-order valence-corrected chi connectivity index (χ3v) is 6.21. The molecular formula is C24H15Cl2F3N4O6. The van der Waals surface area contributed by atoms with Gasteiger partial charge in [-0.3, -0.25) is 25.0 Å². The molecule has 0 N–H and O–H groups in total. The average molecular weight is 583 g/mol. The molecule has 0 saturated carbocycles. The summed E-state index contributed by atoms with van der Waals surface area (Å²) in [4.78, 5) is 33.4. The monoisotopic (exact) mass is 582 g/mol. The highest BCUT2D eigenvalue weighted by atomic mass is 35.5. The fraction of sp³-hybridized carbons (Fsp3) is 0.167. The highest BCUT2D eigenvalue weighted by molar-refractivity contribution is 6.31. The van der Waals surface area contributed by atoms with Gasteiger partial charge in [0.25, 0.3) is 5.75 Å². The zero-order valence-corrected chi connectivity index (χ0v) is 21.1. The molecule has 0 aromatic heterocycles. The summed E-state index contributed by atoms with van der Waals surface area (Å²) in [6.07, 6.45) is -4.98. The van der Waals surface area contributed by atoms with Gasteiger partial charge in [0.2, 0.25) is 5.91 Å². The Morgan fingerprint density at radius 2 is 1.56 bits per heavy atom. The van der Waals surface area contributed by atoms with Gasteiger partial charge in [-0.15, -0.1) is 0 Å². The molecule has 0 spiro atoms. The van der Waals surface area contributed by atoms with Crippen molar-refractivity contribution in [3.8, 4) is 11.5 Å². The van der Waals surface area contributed by atoms with E-state index in [1.807, 2.05) is 0 Å². The van der Waals surface area contributed by atoms with Crippen molar-refractivity contribution in [3.63, 3.8) is 0 Å². The van der Waals surface area contributed by atoms with Gasteiger partial charge in [-0.25, -0.2) is 5.01 Å². The van der Waals surface area contributed by atoms with E-state index in [0.29, 0.717) is 16.3 Å². The second-order valence-corrected chi connectivity index (χ2v) is 9.15. The van der Waals surface area contributed by atoms with Gasteiger partial charge in [0.1, 0.15) is 5.75 Å². The molecule has 15 heteroatoms. The van der Waals surface area contributed by atoms with Gasteiger partial charge in [-0.1, -0.05) is 35.3 Å². The number of nitro groups is 2. The van der Waals surface area contributed by atoms with E-state index in [1.165, 1.54) is 25.1 Å². The highest BCUT2D eigenvalue weighted by Crippen LogP contribution is 2.47. The van der Waals surface area contributed by atoms with Gasteiger partial charge in [0.15, 0.2) is 0 Å². The first kappa shape index (κ1) is 27.8. The zero-order valence-electron chi connectivity index (χ0n) is 19.6. The molecule has 3 aromatic carbocycles. The van der Waals surface area contributed by atoms with Crippen molar-refractivity contribution in [2.24, 2.45) is 5.10 Å². The number of carbonyl (C=O) groups is 1. The number of nitrogens with zero attached hydrogens (tertiary/aromatic N) is 4. The standard InChI is InChI=1S/C24H15Cl2F3N4O6/c1-12(34)31-19(11-18(30-31)13-2-4-15(25)5-3-13)17-10-16(26)6-7-22(17)39-23-20(32(35)36)8-14(24(27,28)29)9-21(23)33(37)38/h2-10,19H,11H2,1H3. The Morgan fingerprint density at radius 3 is 2.08 bits per heavy atom. The van der Waals surface area contributed by atoms with Gasteiger partial charge in [-0.05, 0) is 35.9 Å². The van der Waals surface area contributed by atoms with Crippen LogP contribution in [0.4, 0.5) is 24.5 Å². The SMILES string of the molecule is CC(=O)N1N=C(c2ccc(Cl)cc2)CC1c1cc(Cl)ccc1Oc1c([N+](=O)[O-])cc(C(F)(F)F)cc1[N+](=O)[O-]. The lowest BCUT2D eigenvalue weighted by Gasteiger charge is -2.23. The summed E-state index contributed by atoms with van der Waals surface area (Å²) < 4.78 is 45.5. The van der Waals surface area contributed by atoms with E-state index in [9.17, 15) is 38.2 Å². The van der Waals surface area contributed by atoms with Crippen molar-refractivity contribution < 1.29 is 32.5 Å². The molecule has 0 aliphatic carbocycles. The Kier molecular flexibility index (Phi) is 7.48. The number of rotatable bonds is 6. The quantitative estimate of drug-likeness (QED) is 0.221. The summed E-state index contributed by atoms with van der Waals surface area (Å²) in [5, 5.41) is 29.5. The summed E-state index contributed by atoms with van der Waals surface area (Å²) in [6.45, 7) is 1.25. The van der Waals surface area contributed by atoms with Gasteiger partial charge >= 0.3 is 17.6 Å². The van der Waals surface area contributed by atoms with E-state index in [0.717, 1.165) is 5.01 Å². The molecule has 0 saturated heterocycles. The third-order valence-electron chi connectivity index (χ3n) is 5.72. The first-order chi connectivity index (χ1) is 18.3. The number of halogens is 5. The molecule has 0 fully saturated rings. The molecule has 4 rings (SSSR count). The van der Waals surface area contributed by atoms with Crippen LogP contribution in [0.5, 0.6) is 11.5 Å². The molecule has 1 aliphatic heterocycles. The lowest BCUT2D eigenvalue weighted by molar-refractivity contribution is -0.396. The van der Waals surface area contributed by atoms with E-state index in [4.69, 9.17) is 27.9 Å². The Morgan fingerprint density at radius 1 is 1.00 bits per heavy atom.